The number of terminal acetylenes is 1. The number of benzene rings is 2. The van der Waals surface area contributed by atoms with Crippen LogP contribution in [0.4, 0.5) is 18.9 Å². The van der Waals surface area contributed by atoms with Gasteiger partial charge in [-0.05, 0) is 68.9 Å². The van der Waals surface area contributed by atoms with Gasteiger partial charge in [-0.1, -0.05) is 24.1 Å². The molecule has 1 heterocycles. The zero-order chi connectivity index (χ0) is 29.7. The number of aliphatic carboxylic acids is 1. The molecule has 0 radical (unpaired) electrons. The molecule has 9 nitrogen and oxygen atoms in total. The molecule has 1 saturated heterocycles. The first-order chi connectivity index (χ1) is 18.9. The van der Waals surface area contributed by atoms with Crippen molar-refractivity contribution >= 4 is 29.5 Å². The van der Waals surface area contributed by atoms with Gasteiger partial charge in [0.05, 0.1) is 18.4 Å². The average molecular weight is 562 g/mol. The van der Waals surface area contributed by atoms with Gasteiger partial charge in [-0.3, -0.25) is 9.59 Å². The van der Waals surface area contributed by atoms with Gasteiger partial charge in [0.25, 0.3) is 5.91 Å². The van der Waals surface area contributed by atoms with Crippen LogP contribution in [-0.4, -0.2) is 73.9 Å². The Morgan fingerprint density at radius 1 is 1.15 bits per heavy atom. The van der Waals surface area contributed by atoms with E-state index in [9.17, 15) is 22.8 Å². The van der Waals surface area contributed by atoms with Gasteiger partial charge in [-0.25, -0.2) is 4.79 Å². The second-order valence-corrected chi connectivity index (χ2v) is 8.63. The summed E-state index contributed by atoms with van der Waals surface area (Å²) in [7, 11) is 3.61. The fraction of sp³-hybridized carbons (Fsp3) is 0.321. The van der Waals surface area contributed by atoms with E-state index < -0.39 is 12.1 Å². The first kappa shape index (κ1) is 31.7. The normalized spacial score (nSPS) is 13.9. The Hall–Kier alpha value is -4.50. The summed E-state index contributed by atoms with van der Waals surface area (Å²) in [5.74, 6) is 0.167. The van der Waals surface area contributed by atoms with Gasteiger partial charge in [0.1, 0.15) is 6.61 Å². The topological polar surface area (TPSA) is 117 Å². The molecule has 1 aliphatic heterocycles. The molecule has 1 aliphatic rings. The van der Waals surface area contributed by atoms with Gasteiger partial charge in [0.2, 0.25) is 5.91 Å². The second kappa shape index (κ2) is 15.2. The molecule has 40 heavy (non-hydrogen) atoms. The number of likely N-dealkylation sites (tertiary alicyclic amines) is 1. The van der Waals surface area contributed by atoms with Crippen molar-refractivity contribution in [3.8, 4) is 23.8 Å². The fourth-order valence-corrected chi connectivity index (χ4v) is 3.58. The van der Waals surface area contributed by atoms with Crippen LogP contribution in [0.5, 0.6) is 11.5 Å². The Bertz CT molecular complexity index is 1250. The molecule has 2 aromatic carbocycles. The van der Waals surface area contributed by atoms with E-state index in [-0.39, 0.29) is 24.5 Å². The largest absolute Gasteiger partial charge is 0.493 e. The van der Waals surface area contributed by atoms with E-state index in [0.29, 0.717) is 22.7 Å². The van der Waals surface area contributed by atoms with Gasteiger partial charge in [0, 0.05) is 12.1 Å². The number of carboxylic acid groups (broad SMARTS) is 1. The number of para-hydroxylation sites is 1. The van der Waals surface area contributed by atoms with E-state index in [1.54, 1.807) is 48.5 Å². The number of halogens is 3. The van der Waals surface area contributed by atoms with Crippen molar-refractivity contribution in [3.05, 3.63) is 59.7 Å². The summed E-state index contributed by atoms with van der Waals surface area (Å²) < 4.78 is 42.5. The highest BCUT2D eigenvalue weighted by Gasteiger charge is 2.38. The third-order valence-electron chi connectivity index (χ3n) is 5.65. The number of anilines is 1. The maximum atomic E-state index is 12.8. The highest BCUT2D eigenvalue weighted by molar-refractivity contribution is 6.07. The van der Waals surface area contributed by atoms with Gasteiger partial charge in [0.15, 0.2) is 11.5 Å². The van der Waals surface area contributed by atoms with Crippen LogP contribution < -0.4 is 20.1 Å². The molecule has 12 heteroatoms. The smallest absolute Gasteiger partial charge is 0.490 e. The summed E-state index contributed by atoms with van der Waals surface area (Å²) in [6.45, 7) is 2.05. The predicted octanol–water partition coefficient (Wildman–Crippen LogP) is 3.82. The van der Waals surface area contributed by atoms with Crippen LogP contribution in [0.1, 0.15) is 28.8 Å². The number of nitrogens with zero attached hydrogens (tertiary/aromatic N) is 1. The van der Waals surface area contributed by atoms with E-state index in [0.717, 1.165) is 31.5 Å². The number of piperidine rings is 1. The molecule has 0 saturated carbocycles. The number of carbonyl (C=O) groups excluding carboxylic acids is 2. The average Bonchev–Trinajstić information content (AvgIpc) is 2.92. The summed E-state index contributed by atoms with van der Waals surface area (Å²) >= 11 is 0. The van der Waals surface area contributed by atoms with Crippen molar-refractivity contribution < 1.29 is 42.1 Å². The van der Waals surface area contributed by atoms with Crippen LogP contribution >= 0.6 is 0 Å². The van der Waals surface area contributed by atoms with Crippen molar-refractivity contribution in [2.24, 2.45) is 0 Å². The maximum Gasteiger partial charge on any atom is 0.490 e. The first-order valence-corrected chi connectivity index (χ1v) is 12.1. The highest BCUT2D eigenvalue weighted by Crippen LogP contribution is 2.28. The van der Waals surface area contributed by atoms with Gasteiger partial charge in [-0.15, -0.1) is 6.42 Å². The molecule has 2 aromatic rings. The number of ether oxygens (including phenoxy) is 2. The number of carboxylic acids is 1. The number of hydrogen-bond donors (Lipinski definition) is 3. The zero-order valence-electron chi connectivity index (χ0n) is 22.0. The monoisotopic (exact) mass is 561 g/mol. The summed E-state index contributed by atoms with van der Waals surface area (Å²) in [5.41, 5.74) is 1.66. The standard InChI is InChI=1S/C26H29N3O4.C2HF3O2/c1-4-17-33-23-11-9-19(18-24(23)32-3)10-12-25(30)28-22-8-6-5-7-21(22)26(31)27-20-13-15-29(2)16-14-20;3-2(4,5)1(6)7/h1,5-12,18,20H,13-17H2,2-3H3,(H,27,31)(H,28,30);(H,6,7)/b12-10+;. The lowest BCUT2D eigenvalue weighted by atomic mass is 10.0. The van der Waals surface area contributed by atoms with Crippen LogP contribution in [0.2, 0.25) is 0 Å². The molecule has 3 N–H and O–H groups in total. The molecule has 3 rings (SSSR count). The summed E-state index contributed by atoms with van der Waals surface area (Å²) in [6, 6.07) is 12.4. The van der Waals surface area contributed by atoms with Crippen LogP contribution in [0.15, 0.2) is 48.5 Å². The Morgan fingerprint density at radius 3 is 2.40 bits per heavy atom. The van der Waals surface area contributed by atoms with Crippen molar-refractivity contribution in [2.45, 2.75) is 25.1 Å². The highest BCUT2D eigenvalue weighted by atomic mass is 19.4. The number of rotatable bonds is 8. The van der Waals surface area contributed by atoms with Gasteiger partial charge >= 0.3 is 12.1 Å². The molecule has 214 valence electrons. The lowest BCUT2D eigenvalue weighted by Crippen LogP contribution is -2.43. The molecule has 0 aromatic heterocycles. The van der Waals surface area contributed by atoms with Crippen molar-refractivity contribution in [1.29, 1.82) is 0 Å². The number of alkyl halides is 3. The lowest BCUT2D eigenvalue weighted by Gasteiger charge is -2.29. The van der Waals surface area contributed by atoms with Crippen LogP contribution in [0.3, 0.4) is 0 Å². The second-order valence-electron chi connectivity index (χ2n) is 8.63. The first-order valence-electron chi connectivity index (χ1n) is 12.1. The van der Waals surface area contributed by atoms with Gasteiger partial charge < -0.3 is 30.1 Å². The van der Waals surface area contributed by atoms with E-state index in [1.807, 2.05) is 0 Å². The Labute approximate surface area is 229 Å². The van der Waals surface area contributed by atoms with E-state index in [1.165, 1.54) is 13.2 Å². The molecule has 0 unspecified atom stereocenters. The number of amides is 2. The zero-order valence-corrected chi connectivity index (χ0v) is 22.0. The molecule has 2 amide bonds. The number of hydrogen-bond acceptors (Lipinski definition) is 6. The van der Waals surface area contributed by atoms with E-state index in [4.69, 9.17) is 25.8 Å². The molecule has 0 aliphatic carbocycles. The minimum atomic E-state index is -5.08. The quantitative estimate of drug-likeness (QED) is 0.332. The third-order valence-corrected chi connectivity index (χ3v) is 5.65. The summed E-state index contributed by atoms with van der Waals surface area (Å²) in [4.78, 5) is 36.5. The predicted molar refractivity (Wildman–Crippen MR) is 143 cm³/mol. The third kappa shape index (κ3) is 10.3. The summed E-state index contributed by atoms with van der Waals surface area (Å²) in [6.07, 6.45) is 5.03. The SMILES string of the molecule is C#CCOc1ccc(/C=C/C(=O)Nc2ccccc2C(=O)NC2CCN(C)CC2)cc1OC.O=C(O)C(F)(F)F. The van der Waals surface area contributed by atoms with Crippen LogP contribution in [0, 0.1) is 12.3 Å². The van der Waals surface area contributed by atoms with Crippen molar-refractivity contribution in [2.75, 3.05) is 39.2 Å². The van der Waals surface area contributed by atoms with Gasteiger partial charge in [-0.2, -0.15) is 13.2 Å². The lowest BCUT2D eigenvalue weighted by molar-refractivity contribution is -0.192. The van der Waals surface area contributed by atoms with E-state index >= 15 is 0 Å². The molecule has 0 bridgehead atoms. The minimum absolute atomic E-state index is 0.138. The van der Waals surface area contributed by atoms with Crippen LogP contribution in [-0.2, 0) is 9.59 Å². The molecular weight excluding hydrogens is 531 g/mol. The Kier molecular flexibility index (Phi) is 12.0. The van der Waals surface area contributed by atoms with Crippen molar-refractivity contribution in [1.82, 2.24) is 10.2 Å². The van der Waals surface area contributed by atoms with E-state index in [2.05, 4.69) is 28.5 Å². The molecule has 0 spiro atoms. The molecular formula is C28H30F3N3O6. The number of carbonyl (C=O) groups is 3. The Morgan fingerprint density at radius 2 is 1.80 bits per heavy atom. The maximum absolute atomic E-state index is 12.8. The fourth-order valence-electron chi connectivity index (χ4n) is 3.58. The molecule has 0 atom stereocenters. The number of methoxy groups -OCH3 is 1. The van der Waals surface area contributed by atoms with Crippen molar-refractivity contribution in [3.63, 3.8) is 0 Å². The minimum Gasteiger partial charge on any atom is -0.493 e. The summed E-state index contributed by atoms with van der Waals surface area (Å²) in [5, 5.41) is 13.0. The Balaban J connectivity index is 0.000000708. The van der Waals surface area contributed by atoms with Crippen LogP contribution in [0.25, 0.3) is 6.08 Å². The molecule has 1 fully saturated rings. The number of nitrogens with one attached hydrogen (secondary N) is 2.